The second-order valence-corrected chi connectivity index (χ2v) is 6.90. The summed E-state index contributed by atoms with van der Waals surface area (Å²) in [6.45, 7) is 1.90. The Bertz CT molecular complexity index is 1030. The predicted molar refractivity (Wildman–Crippen MR) is 115 cm³/mol. The van der Waals surface area contributed by atoms with Crippen LogP contribution in [0.2, 0.25) is 5.02 Å². The first kappa shape index (κ1) is 20.3. The van der Waals surface area contributed by atoms with E-state index in [2.05, 4.69) is 25.9 Å². The Labute approximate surface area is 172 Å². The third kappa shape index (κ3) is 5.55. The van der Waals surface area contributed by atoms with Crippen LogP contribution >= 0.6 is 11.6 Å². The highest BCUT2D eigenvalue weighted by Crippen LogP contribution is 2.21. The number of amides is 2. The number of halogens is 2. The van der Waals surface area contributed by atoms with Gasteiger partial charge in [-0.05, 0) is 49.4 Å². The van der Waals surface area contributed by atoms with Gasteiger partial charge >= 0.3 is 6.03 Å². The van der Waals surface area contributed by atoms with E-state index in [1.54, 1.807) is 24.3 Å². The molecule has 1 aromatic heterocycles. The van der Waals surface area contributed by atoms with Crippen molar-refractivity contribution in [1.82, 2.24) is 9.97 Å². The Balaban J connectivity index is 1.62. The van der Waals surface area contributed by atoms with Crippen molar-refractivity contribution in [1.29, 1.82) is 0 Å². The molecule has 29 heavy (non-hydrogen) atoms. The van der Waals surface area contributed by atoms with Gasteiger partial charge in [0.15, 0.2) is 0 Å². The van der Waals surface area contributed by atoms with Gasteiger partial charge in [-0.3, -0.25) is 0 Å². The lowest BCUT2D eigenvalue weighted by Crippen LogP contribution is -2.19. The average Bonchev–Trinajstić information content (AvgIpc) is 2.66. The number of carbonyl (C=O) groups is 1. The number of nitrogens with one attached hydrogen (secondary N) is 3. The summed E-state index contributed by atoms with van der Waals surface area (Å²) in [4.78, 5) is 22.8. The Morgan fingerprint density at radius 3 is 2.24 bits per heavy atom. The number of benzene rings is 2. The van der Waals surface area contributed by atoms with Gasteiger partial charge in [0.1, 0.15) is 11.6 Å². The summed E-state index contributed by atoms with van der Waals surface area (Å²) in [5.41, 5.74) is 2.60. The van der Waals surface area contributed by atoms with Gasteiger partial charge in [-0.15, -0.1) is 0 Å². The molecule has 0 radical (unpaired) electrons. The van der Waals surface area contributed by atoms with E-state index in [0.29, 0.717) is 17.3 Å². The van der Waals surface area contributed by atoms with Gasteiger partial charge in [-0.1, -0.05) is 11.6 Å². The lowest BCUT2D eigenvalue weighted by molar-refractivity contribution is 0.262. The molecule has 0 saturated heterocycles. The summed E-state index contributed by atoms with van der Waals surface area (Å²) in [5.74, 6) is 0.743. The molecule has 0 aliphatic rings. The van der Waals surface area contributed by atoms with Gasteiger partial charge in [0.2, 0.25) is 5.95 Å². The monoisotopic (exact) mass is 414 g/mol. The van der Waals surface area contributed by atoms with Crippen LogP contribution in [0.3, 0.4) is 0 Å². The minimum atomic E-state index is -0.545. The molecule has 0 saturated carbocycles. The van der Waals surface area contributed by atoms with Gasteiger partial charge in [0.25, 0.3) is 0 Å². The maximum atomic E-state index is 13.2. The number of aromatic nitrogens is 2. The number of nitrogens with zero attached hydrogens (tertiary/aromatic N) is 3. The van der Waals surface area contributed by atoms with Crippen molar-refractivity contribution < 1.29 is 9.18 Å². The maximum Gasteiger partial charge on any atom is 0.323 e. The zero-order valence-corrected chi connectivity index (χ0v) is 16.9. The molecule has 3 aromatic rings. The first-order chi connectivity index (χ1) is 13.8. The van der Waals surface area contributed by atoms with Crippen LogP contribution in [0.15, 0.2) is 48.5 Å². The number of urea groups is 1. The first-order valence-electron chi connectivity index (χ1n) is 8.73. The van der Waals surface area contributed by atoms with Gasteiger partial charge in [0, 0.05) is 42.9 Å². The molecule has 1 heterocycles. The van der Waals surface area contributed by atoms with E-state index in [1.165, 1.54) is 18.2 Å². The van der Waals surface area contributed by atoms with Crippen LogP contribution < -0.4 is 20.9 Å². The fraction of sp³-hybridized carbons (Fsp3) is 0.150. The average molecular weight is 415 g/mol. The Morgan fingerprint density at radius 2 is 1.59 bits per heavy atom. The summed E-state index contributed by atoms with van der Waals surface area (Å²) in [5, 5.41) is 8.37. The minimum absolute atomic E-state index is 0.0611. The predicted octanol–water partition coefficient (Wildman–Crippen LogP) is 5.03. The molecule has 9 heteroatoms. The smallest absolute Gasteiger partial charge is 0.323 e. The van der Waals surface area contributed by atoms with Gasteiger partial charge in [-0.2, -0.15) is 4.98 Å². The molecule has 0 bridgehead atoms. The van der Waals surface area contributed by atoms with Crippen LogP contribution in [0.4, 0.5) is 38.0 Å². The molecule has 0 atom stereocenters. The van der Waals surface area contributed by atoms with Crippen LogP contribution in [0, 0.1) is 12.7 Å². The quantitative estimate of drug-likeness (QED) is 0.545. The molecule has 0 spiro atoms. The summed E-state index contributed by atoms with van der Waals surface area (Å²) >= 11 is 5.71. The fourth-order valence-electron chi connectivity index (χ4n) is 2.47. The van der Waals surface area contributed by atoms with E-state index in [-0.39, 0.29) is 5.02 Å². The molecule has 0 aliphatic heterocycles. The first-order valence-corrected chi connectivity index (χ1v) is 9.11. The normalized spacial score (nSPS) is 10.4. The second kappa shape index (κ2) is 8.74. The van der Waals surface area contributed by atoms with E-state index in [4.69, 9.17) is 11.6 Å². The van der Waals surface area contributed by atoms with Crippen molar-refractivity contribution in [2.75, 3.05) is 34.9 Å². The van der Waals surface area contributed by atoms with Crippen LogP contribution in [-0.2, 0) is 0 Å². The Kier molecular flexibility index (Phi) is 6.13. The lowest BCUT2D eigenvalue weighted by Gasteiger charge is -2.14. The number of rotatable bonds is 5. The van der Waals surface area contributed by atoms with Crippen molar-refractivity contribution in [3.05, 3.63) is 65.1 Å². The highest BCUT2D eigenvalue weighted by Gasteiger charge is 2.07. The Morgan fingerprint density at radius 1 is 0.966 bits per heavy atom. The largest absolute Gasteiger partial charge is 0.363 e. The minimum Gasteiger partial charge on any atom is -0.363 e. The molecule has 0 unspecified atom stereocenters. The van der Waals surface area contributed by atoms with Crippen LogP contribution in [0.5, 0.6) is 0 Å². The molecule has 2 aromatic carbocycles. The third-order valence-electron chi connectivity index (χ3n) is 3.88. The van der Waals surface area contributed by atoms with E-state index in [9.17, 15) is 9.18 Å². The highest BCUT2D eigenvalue weighted by atomic mass is 35.5. The summed E-state index contributed by atoms with van der Waals surface area (Å²) in [6.07, 6.45) is 0. The number of carbonyl (C=O) groups excluding carboxylic acids is 1. The lowest BCUT2D eigenvalue weighted by atomic mass is 10.3. The van der Waals surface area contributed by atoms with E-state index in [0.717, 1.165) is 17.2 Å². The topological polar surface area (TPSA) is 82.2 Å². The zero-order valence-electron chi connectivity index (χ0n) is 16.1. The summed E-state index contributed by atoms with van der Waals surface area (Å²) < 4.78 is 13.2. The summed E-state index contributed by atoms with van der Waals surface area (Å²) in [6, 6.07) is 12.5. The van der Waals surface area contributed by atoms with Crippen LogP contribution in [0.1, 0.15) is 5.69 Å². The Hall–Kier alpha value is -3.39. The van der Waals surface area contributed by atoms with E-state index < -0.39 is 11.8 Å². The second-order valence-electron chi connectivity index (χ2n) is 6.50. The van der Waals surface area contributed by atoms with E-state index >= 15 is 0 Å². The van der Waals surface area contributed by atoms with Crippen molar-refractivity contribution in [2.45, 2.75) is 6.92 Å². The van der Waals surface area contributed by atoms with Crippen molar-refractivity contribution >= 4 is 46.5 Å². The molecule has 0 fully saturated rings. The van der Waals surface area contributed by atoms with Crippen LogP contribution in [0.25, 0.3) is 0 Å². The summed E-state index contributed by atoms with van der Waals surface area (Å²) in [7, 11) is 3.83. The molecule has 2 amide bonds. The zero-order chi connectivity index (χ0) is 21.0. The number of anilines is 5. The van der Waals surface area contributed by atoms with Crippen molar-refractivity contribution in [3.8, 4) is 0 Å². The molecule has 150 valence electrons. The molecule has 3 rings (SSSR count). The number of hydrogen-bond donors (Lipinski definition) is 3. The number of aryl methyl sites for hydroxylation is 1. The standard InChI is InChI=1S/C20H20ClFN6O/c1-12-10-18(28(2)3)27-19(23-12)24-13-4-6-14(7-5-13)25-20(29)26-15-8-9-17(22)16(21)11-15/h4-11H,1-3H3,(H,23,24,27)(H2,25,26,29). The number of hydrogen-bond acceptors (Lipinski definition) is 5. The van der Waals surface area contributed by atoms with Crippen molar-refractivity contribution in [3.63, 3.8) is 0 Å². The van der Waals surface area contributed by atoms with Crippen LogP contribution in [-0.4, -0.2) is 30.1 Å². The molecule has 7 nitrogen and oxygen atoms in total. The fourth-order valence-corrected chi connectivity index (χ4v) is 2.65. The molecule has 3 N–H and O–H groups in total. The van der Waals surface area contributed by atoms with Gasteiger partial charge < -0.3 is 20.9 Å². The molecule has 0 aliphatic carbocycles. The highest BCUT2D eigenvalue weighted by molar-refractivity contribution is 6.31. The maximum absolute atomic E-state index is 13.2. The molecular weight excluding hydrogens is 395 g/mol. The third-order valence-corrected chi connectivity index (χ3v) is 4.16. The van der Waals surface area contributed by atoms with Gasteiger partial charge in [-0.25, -0.2) is 14.2 Å². The van der Waals surface area contributed by atoms with E-state index in [1.807, 2.05) is 32.0 Å². The van der Waals surface area contributed by atoms with Crippen molar-refractivity contribution in [2.24, 2.45) is 0 Å². The molecular formula is C20H20ClFN6O. The van der Waals surface area contributed by atoms with Gasteiger partial charge in [0.05, 0.1) is 5.02 Å². The SMILES string of the molecule is Cc1cc(N(C)C)nc(Nc2ccc(NC(=O)Nc3ccc(F)c(Cl)c3)cc2)n1.